The highest BCUT2D eigenvalue weighted by atomic mass is 79.9. The molecule has 0 saturated carbocycles. The van der Waals surface area contributed by atoms with Gasteiger partial charge in [-0.3, -0.25) is 9.48 Å². The van der Waals surface area contributed by atoms with Crippen molar-refractivity contribution in [3.05, 3.63) is 46.2 Å². The van der Waals surface area contributed by atoms with Crippen LogP contribution in [0.3, 0.4) is 0 Å². The quantitative estimate of drug-likeness (QED) is 0.816. The minimum atomic E-state index is 0.0207. The molecule has 5 heteroatoms. The molecule has 4 nitrogen and oxygen atoms in total. The van der Waals surface area contributed by atoms with Gasteiger partial charge in [-0.15, -0.1) is 0 Å². The lowest BCUT2D eigenvalue weighted by molar-refractivity contribution is 0.0990. The van der Waals surface area contributed by atoms with Gasteiger partial charge < -0.3 is 4.74 Å². The molecule has 0 bridgehead atoms. The molecule has 0 fully saturated rings. The normalized spacial score (nSPS) is 10.4. The summed E-state index contributed by atoms with van der Waals surface area (Å²) in [6.45, 7) is 0. The van der Waals surface area contributed by atoms with Crippen molar-refractivity contribution in [3.8, 4) is 5.75 Å². The van der Waals surface area contributed by atoms with E-state index in [1.54, 1.807) is 30.1 Å². The van der Waals surface area contributed by atoms with Crippen LogP contribution in [0.2, 0.25) is 0 Å². The van der Waals surface area contributed by atoms with Crippen molar-refractivity contribution in [1.82, 2.24) is 9.78 Å². The molecule has 2 rings (SSSR count). The number of methoxy groups -OCH3 is 1. The number of aryl methyl sites for hydroxylation is 1. The minimum absolute atomic E-state index is 0.0207. The van der Waals surface area contributed by atoms with Crippen molar-refractivity contribution in [1.29, 1.82) is 0 Å². The van der Waals surface area contributed by atoms with Crippen molar-refractivity contribution in [2.45, 2.75) is 6.42 Å². The molecule has 94 valence electrons. The van der Waals surface area contributed by atoms with Crippen molar-refractivity contribution in [2.75, 3.05) is 7.11 Å². The third-order valence-corrected chi connectivity index (χ3v) is 3.08. The zero-order valence-corrected chi connectivity index (χ0v) is 11.8. The van der Waals surface area contributed by atoms with E-state index in [1.807, 2.05) is 19.3 Å². The van der Waals surface area contributed by atoms with Crippen molar-refractivity contribution in [2.24, 2.45) is 7.05 Å². The highest BCUT2D eigenvalue weighted by Gasteiger charge is 2.13. The monoisotopic (exact) mass is 308 g/mol. The molecular formula is C13H13BrN2O2. The zero-order chi connectivity index (χ0) is 13.1. The lowest BCUT2D eigenvalue weighted by atomic mass is 10.0. The van der Waals surface area contributed by atoms with Gasteiger partial charge in [0.2, 0.25) is 0 Å². The summed E-state index contributed by atoms with van der Waals surface area (Å²) < 4.78 is 7.79. The Bertz CT molecular complexity index is 578. The molecule has 2 aromatic rings. The summed E-state index contributed by atoms with van der Waals surface area (Å²) in [7, 11) is 3.39. The average Bonchev–Trinajstić information content (AvgIpc) is 2.74. The fourth-order valence-electron chi connectivity index (χ4n) is 1.74. The predicted molar refractivity (Wildman–Crippen MR) is 71.9 cm³/mol. The molecule has 18 heavy (non-hydrogen) atoms. The number of ketones is 1. The number of halogens is 1. The first-order valence-electron chi connectivity index (χ1n) is 5.44. The van der Waals surface area contributed by atoms with Crippen molar-refractivity contribution >= 4 is 21.7 Å². The molecule has 0 spiro atoms. The van der Waals surface area contributed by atoms with E-state index in [-0.39, 0.29) is 5.78 Å². The molecule has 1 aromatic carbocycles. The van der Waals surface area contributed by atoms with Gasteiger partial charge in [-0.1, -0.05) is 15.9 Å². The van der Waals surface area contributed by atoms with Gasteiger partial charge in [0.1, 0.15) is 5.75 Å². The first kappa shape index (κ1) is 12.8. The van der Waals surface area contributed by atoms with Crippen LogP contribution in [0.5, 0.6) is 5.75 Å². The first-order chi connectivity index (χ1) is 8.60. The van der Waals surface area contributed by atoms with Gasteiger partial charge in [0.05, 0.1) is 18.9 Å². The molecule has 0 N–H and O–H groups in total. The summed E-state index contributed by atoms with van der Waals surface area (Å²) in [5.74, 6) is 0.602. The molecule has 0 unspecified atom stereocenters. The Morgan fingerprint density at radius 1 is 1.50 bits per heavy atom. The molecule has 0 amide bonds. The highest BCUT2D eigenvalue weighted by molar-refractivity contribution is 9.10. The molecule has 0 aliphatic rings. The maximum absolute atomic E-state index is 12.2. The second kappa shape index (κ2) is 5.35. The van der Waals surface area contributed by atoms with E-state index in [4.69, 9.17) is 4.74 Å². The number of nitrogens with zero attached hydrogens (tertiary/aromatic N) is 2. The van der Waals surface area contributed by atoms with Crippen LogP contribution in [0.25, 0.3) is 0 Å². The fourth-order valence-corrected chi connectivity index (χ4v) is 2.08. The minimum Gasteiger partial charge on any atom is -0.496 e. The molecule has 0 aliphatic heterocycles. The van der Waals surface area contributed by atoms with Gasteiger partial charge in [0.25, 0.3) is 0 Å². The Balaban J connectivity index is 2.23. The second-order valence-corrected chi connectivity index (χ2v) is 4.88. The SMILES string of the molecule is COc1cc(Br)ccc1C(=O)Cc1cnn(C)c1. The Labute approximate surface area is 114 Å². The number of hydrogen-bond acceptors (Lipinski definition) is 3. The maximum Gasteiger partial charge on any atom is 0.171 e. The van der Waals surface area contributed by atoms with E-state index in [2.05, 4.69) is 21.0 Å². The predicted octanol–water partition coefficient (Wildman–Crippen LogP) is 2.62. The molecule has 0 atom stereocenters. The number of hydrogen-bond donors (Lipinski definition) is 0. The lowest BCUT2D eigenvalue weighted by Crippen LogP contribution is -2.05. The summed E-state index contributed by atoms with van der Waals surface area (Å²) in [6, 6.07) is 5.39. The summed E-state index contributed by atoms with van der Waals surface area (Å²) >= 11 is 3.35. The van der Waals surface area contributed by atoms with Crippen LogP contribution >= 0.6 is 15.9 Å². The number of benzene rings is 1. The van der Waals surface area contributed by atoms with Crippen molar-refractivity contribution in [3.63, 3.8) is 0 Å². The number of carbonyl (C=O) groups excluding carboxylic acids is 1. The summed E-state index contributed by atoms with van der Waals surface area (Å²) in [5, 5.41) is 4.05. The molecule has 0 saturated heterocycles. The largest absolute Gasteiger partial charge is 0.496 e. The third kappa shape index (κ3) is 2.79. The molecule has 1 aromatic heterocycles. The van der Waals surface area contributed by atoms with E-state index in [1.165, 1.54) is 0 Å². The van der Waals surface area contributed by atoms with E-state index in [9.17, 15) is 4.79 Å². The van der Waals surface area contributed by atoms with Crippen LogP contribution < -0.4 is 4.74 Å². The number of ether oxygens (including phenoxy) is 1. The van der Waals surface area contributed by atoms with Gasteiger partial charge in [-0.2, -0.15) is 5.10 Å². The number of rotatable bonds is 4. The van der Waals surface area contributed by atoms with Crippen LogP contribution in [-0.4, -0.2) is 22.7 Å². The molecule has 1 heterocycles. The van der Waals surface area contributed by atoms with Gasteiger partial charge in [-0.25, -0.2) is 0 Å². The average molecular weight is 309 g/mol. The smallest absolute Gasteiger partial charge is 0.171 e. The van der Waals surface area contributed by atoms with Crippen molar-refractivity contribution < 1.29 is 9.53 Å². The zero-order valence-electron chi connectivity index (χ0n) is 10.2. The van der Waals surface area contributed by atoms with Gasteiger partial charge in [0.15, 0.2) is 5.78 Å². The van der Waals surface area contributed by atoms with E-state index < -0.39 is 0 Å². The van der Waals surface area contributed by atoms with Crippen LogP contribution in [0.1, 0.15) is 15.9 Å². The summed E-state index contributed by atoms with van der Waals surface area (Å²) in [5.41, 5.74) is 1.48. The maximum atomic E-state index is 12.2. The van der Waals surface area contributed by atoms with Crippen LogP contribution in [0, 0.1) is 0 Å². The molecular weight excluding hydrogens is 296 g/mol. The van der Waals surface area contributed by atoms with Gasteiger partial charge in [-0.05, 0) is 23.8 Å². The van der Waals surface area contributed by atoms with E-state index >= 15 is 0 Å². The topological polar surface area (TPSA) is 44.1 Å². The Hall–Kier alpha value is -1.62. The van der Waals surface area contributed by atoms with Gasteiger partial charge >= 0.3 is 0 Å². The van der Waals surface area contributed by atoms with E-state index in [0.717, 1.165) is 10.0 Å². The first-order valence-corrected chi connectivity index (χ1v) is 6.23. The van der Waals surface area contributed by atoms with Crippen LogP contribution in [0.4, 0.5) is 0 Å². The highest BCUT2D eigenvalue weighted by Crippen LogP contribution is 2.24. The summed E-state index contributed by atoms with van der Waals surface area (Å²) in [4.78, 5) is 12.2. The number of Topliss-reactive ketones (excluding diaryl/α,β-unsaturated/α-hetero) is 1. The van der Waals surface area contributed by atoms with E-state index in [0.29, 0.717) is 17.7 Å². The Kier molecular flexibility index (Phi) is 3.81. The Morgan fingerprint density at radius 3 is 2.89 bits per heavy atom. The summed E-state index contributed by atoms with van der Waals surface area (Å²) in [6.07, 6.45) is 3.86. The standard InChI is InChI=1S/C13H13BrN2O2/c1-16-8-9(7-15-16)5-12(17)11-4-3-10(14)6-13(11)18-2/h3-4,6-8H,5H2,1-2H3. The molecule has 0 radical (unpaired) electrons. The fraction of sp³-hybridized carbons (Fsp3) is 0.231. The van der Waals surface area contributed by atoms with Crippen LogP contribution in [-0.2, 0) is 13.5 Å². The third-order valence-electron chi connectivity index (χ3n) is 2.59. The molecule has 0 aliphatic carbocycles. The van der Waals surface area contributed by atoms with Gasteiger partial charge in [0, 0.05) is 24.1 Å². The lowest BCUT2D eigenvalue weighted by Gasteiger charge is -2.07. The second-order valence-electron chi connectivity index (χ2n) is 3.97. The number of aromatic nitrogens is 2. The van der Waals surface area contributed by atoms with Crippen LogP contribution in [0.15, 0.2) is 35.1 Å². The Morgan fingerprint density at radius 2 is 2.28 bits per heavy atom. The number of carbonyl (C=O) groups is 1.